The van der Waals surface area contributed by atoms with Gasteiger partial charge in [0.1, 0.15) is 11.9 Å². The molecule has 0 aliphatic rings. The minimum Gasteiger partial charge on any atom is -0.340 e. The van der Waals surface area contributed by atoms with Crippen LogP contribution in [0.25, 0.3) is 0 Å². The minimum atomic E-state index is -0.758. The van der Waals surface area contributed by atoms with Gasteiger partial charge in [-0.05, 0) is 43.2 Å². The third-order valence-corrected chi connectivity index (χ3v) is 4.01. The zero-order valence-electron chi connectivity index (χ0n) is 14.3. The lowest BCUT2D eigenvalue weighted by Crippen LogP contribution is -2.47. The molecule has 0 radical (unpaired) electrons. The van der Waals surface area contributed by atoms with E-state index >= 15 is 0 Å². The summed E-state index contributed by atoms with van der Waals surface area (Å²) in [5, 5.41) is 5.32. The molecule has 0 aliphatic heterocycles. The van der Waals surface area contributed by atoms with Crippen LogP contribution in [0.5, 0.6) is 0 Å². The van der Waals surface area contributed by atoms with Gasteiger partial charge in [-0.25, -0.2) is 4.39 Å². The first-order valence-electron chi connectivity index (χ1n) is 7.91. The summed E-state index contributed by atoms with van der Waals surface area (Å²) < 4.78 is 13.5. The zero-order valence-corrected chi connectivity index (χ0v) is 15.0. The van der Waals surface area contributed by atoms with Gasteiger partial charge in [0.05, 0.1) is 5.02 Å². The van der Waals surface area contributed by atoms with Gasteiger partial charge in [0, 0.05) is 11.3 Å². The molecule has 0 spiro atoms. The smallest absolute Gasteiger partial charge is 0.251 e. The Labute approximate surface area is 151 Å². The Balaban J connectivity index is 2.12. The van der Waals surface area contributed by atoms with Crippen LogP contribution in [0.3, 0.4) is 0 Å². The van der Waals surface area contributed by atoms with Crippen LogP contribution in [-0.4, -0.2) is 17.9 Å². The molecule has 0 aliphatic carbocycles. The molecule has 0 heterocycles. The van der Waals surface area contributed by atoms with Gasteiger partial charge >= 0.3 is 0 Å². The van der Waals surface area contributed by atoms with Gasteiger partial charge in [-0.2, -0.15) is 0 Å². The van der Waals surface area contributed by atoms with Crippen LogP contribution in [0.2, 0.25) is 5.02 Å². The molecular weight excluding hydrogens is 343 g/mol. The Kier molecular flexibility index (Phi) is 6.15. The summed E-state index contributed by atoms with van der Waals surface area (Å²) in [4.78, 5) is 24.9. The number of benzene rings is 2. The molecular formula is C19H20ClFN2O2. The number of amides is 2. The molecule has 2 rings (SSSR count). The van der Waals surface area contributed by atoms with E-state index in [1.54, 1.807) is 18.2 Å². The normalized spacial score (nSPS) is 11.9. The van der Waals surface area contributed by atoms with E-state index in [0.717, 1.165) is 11.6 Å². The molecule has 0 aromatic heterocycles. The minimum absolute atomic E-state index is 0.0221. The molecule has 6 heteroatoms. The van der Waals surface area contributed by atoms with Crippen molar-refractivity contribution in [2.75, 3.05) is 5.32 Å². The summed E-state index contributed by atoms with van der Waals surface area (Å²) in [6.07, 6.45) is 0. The highest BCUT2D eigenvalue weighted by Crippen LogP contribution is 2.19. The Morgan fingerprint density at radius 2 is 1.84 bits per heavy atom. The van der Waals surface area contributed by atoms with Crippen molar-refractivity contribution in [2.24, 2.45) is 5.92 Å². The van der Waals surface area contributed by atoms with E-state index in [2.05, 4.69) is 10.6 Å². The second-order valence-corrected chi connectivity index (χ2v) is 6.59. The van der Waals surface area contributed by atoms with Crippen LogP contribution < -0.4 is 10.6 Å². The lowest BCUT2D eigenvalue weighted by molar-refractivity contribution is -0.118. The summed E-state index contributed by atoms with van der Waals surface area (Å²) in [5.74, 6) is -1.52. The van der Waals surface area contributed by atoms with Crippen LogP contribution in [0.1, 0.15) is 29.8 Å². The lowest BCUT2D eigenvalue weighted by atomic mass is 10.0. The van der Waals surface area contributed by atoms with E-state index in [-0.39, 0.29) is 22.5 Å². The fourth-order valence-electron chi connectivity index (χ4n) is 2.34. The van der Waals surface area contributed by atoms with Gasteiger partial charge in [-0.3, -0.25) is 9.59 Å². The fraction of sp³-hybridized carbons (Fsp3) is 0.263. The molecule has 0 fully saturated rings. The SMILES string of the molecule is Cc1cccc(C(=O)NC(C(=O)Nc2ccc(Cl)c(F)c2)C(C)C)c1. The van der Waals surface area contributed by atoms with E-state index in [4.69, 9.17) is 11.6 Å². The van der Waals surface area contributed by atoms with Gasteiger partial charge in [-0.15, -0.1) is 0 Å². The molecule has 2 aromatic rings. The Bertz CT molecular complexity index is 793. The first-order valence-corrected chi connectivity index (χ1v) is 8.29. The number of halogens is 2. The summed E-state index contributed by atoms with van der Waals surface area (Å²) >= 11 is 5.63. The molecule has 132 valence electrons. The van der Waals surface area contributed by atoms with E-state index < -0.39 is 17.8 Å². The number of rotatable bonds is 5. The number of carbonyl (C=O) groups excluding carboxylic acids is 2. The molecule has 0 bridgehead atoms. The van der Waals surface area contributed by atoms with E-state index in [0.29, 0.717) is 5.56 Å². The van der Waals surface area contributed by atoms with Crippen LogP contribution in [-0.2, 0) is 4.79 Å². The molecule has 2 amide bonds. The van der Waals surface area contributed by atoms with E-state index in [1.807, 2.05) is 26.8 Å². The van der Waals surface area contributed by atoms with Gasteiger partial charge in [0.15, 0.2) is 0 Å². The van der Waals surface area contributed by atoms with Crippen molar-refractivity contribution >= 4 is 29.1 Å². The molecule has 1 atom stereocenters. The van der Waals surface area contributed by atoms with Crippen LogP contribution in [0.15, 0.2) is 42.5 Å². The molecule has 0 saturated carbocycles. The molecule has 25 heavy (non-hydrogen) atoms. The van der Waals surface area contributed by atoms with Crippen LogP contribution in [0.4, 0.5) is 10.1 Å². The van der Waals surface area contributed by atoms with Crippen molar-refractivity contribution in [1.29, 1.82) is 0 Å². The highest BCUT2D eigenvalue weighted by molar-refractivity contribution is 6.30. The fourth-order valence-corrected chi connectivity index (χ4v) is 2.46. The van der Waals surface area contributed by atoms with Crippen LogP contribution in [0, 0.1) is 18.7 Å². The number of carbonyl (C=O) groups is 2. The van der Waals surface area contributed by atoms with E-state index in [1.165, 1.54) is 12.1 Å². The second-order valence-electron chi connectivity index (χ2n) is 6.18. The maximum atomic E-state index is 13.5. The van der Waals surface area contributed by atoms with Crippen molar-refractivity contribution in [3.63, 3.8) is 0 Å². The first kappa shape index (κ1) is 18.9. The molecule has 2 N–H and O–H groups in total. The van der Waals surface area contributed by atoms with Crippen molar-refractivity contribution < 1.29 is 14.0 Å². The molecule has 4 nitrogen and oxygen atoms in total. The quantitative estimate of drug-likeness (QED) is 0.838. The predicted molar refractivity (Wildman–Crippen MR) is 97.3 cm³/mol. The summed E-state index contributed by atoms with van der Waals surface area (Å²) in [5.41, 5.74) is 1.72. The third kappa shape index (κ3) is 5.03. The number of hydrogen-bond donors (Lipinski definition) is 2. The van der Waals surface area contributed by atoms with Gasteiger partial charge in [-0.1, -0.05) is 43.1 Å². The highest BCUT2D eigenvalue weighted by Gasteiger charge is 2.25. The van der Waals surface area contributed by atoms with Crippen molar-refractivity contribution in [1.82, 2.24) is 5.32 Å². The van der Waals surface area contributed by atoms with Crippen molar-refractivity contribution in [3.8, 4) is 0 Å². The van der Waals surface area contributed by atoms with Gasteiger partial charge < -0.3 is 10.6 Å². The average molecular weight is 363 g/mol. The first-order chi connectivity index (χ1) is 11.8. The predicted octanol–water partition coefficient (Wildman–Crippen LogP) is 4.18. The average Bonchev–Trinajstić information content (AvgIpc) is 2.55. The molecule has 2 aromatic carbocycles. The Morgan fingerprint density at radius 1 is 1.12 bits per heavy atom. The largest absolute Gasteiger partial charge is 0.340 e. The molecule has 1 unspecified atom stereocenters. The topological polar surface area (TPSA) is 58.2 Å². The summed E-state index contributed by atoms with van der Waals surface area (Å²) in [6.45, 7) is 5.53. The maximum absolute atomic E-state index is 13.5. The maximum Gasteiger partial charge on any atom is 0.251 e. The third-order valence-electron chi connectivity index (χ3n) is 3.70. The summed E-state index contributed by atoms with van der Waals surface area (Å²) in [7, 11) is 0. The number of hydrogen-bond acceptors (Lipinski definition) is 2. The Morgan fingerprint density at radius 3 is 2.44 bits per heavy atom. The summed E-state index contributed by atoms with van der Waals surface area (Å²) in [6, 6.07) is 10.4. The van der Waals surface area contributed by atoms with Crippen molar-refractivity contribution in [2.45, 2.75) is 26.8 Å². The van der Waals surface area contributed by atoms with Gasteiger partial charge in [0.2, 0.25) is 5.91 Å². The monoisotopic (exact) mass is 362 g/mol. The highest BCUT2D eigenvalue weighted by atomic mass is 35.5. The molecule has 0 saturated heterocycles. The number of nitrogens with one attached hydrogen (secondary N) is 2. The van der Waals surface area contributed by atoms with Crippen LogP contribution >= 0.6 is 11.6 Å². The zero-order chi connectivity index (χ0) is 18.6. The standard InChI is InChI=1S/C19H20ClFN2O2/c1-11(2)17(23-18(24)13-6-4-5-12(3)9-13)19(25)22-14-7-8-15(20)16(21)10-14/h4-11,17H,1-3H3,(H,22,25)(H,23,24). The Hall–Kier alpha value is -2.40. The van der Waals surface area contributed by atoms with E-state index in [9.17, 15) is 14.0 Å². The van der Waals surface area contributed by atoms with Crippen molar-refractivity contribution in [3.05, 3.63) is 64.4 Å². The number of aryl methyl sites for hydroxylation is 1. The number of anilines is 1. The second kappa shape index (κ2) is 8.12. The lowest BCUT2D eigenvalue weighted by Gasteiger charge is -2.22. The van der Waals surface area contributed by atoms with Gasteiger partial charge in [0.25, 0.3) is 5.91 Å².